The molecule has 1 fully saturated rings. The van der Waals surface area contributed by atoms with Gasteiger partial charge in [0.05, 0.1) is 0 Å². The molecule has 20 heavy (non-hydrogen) atoms. The lowest BCUT2D eigenvalue weighted by atomic mass is 9.65. The molecule has 1 saturated carbocycles. The van der Waals surface area contributed by atoms with E-state index in [2.05, 4.69) is 20.8 Å². The summed E-state index contributed by atoms with van der Waals surface area (Å²) < 4.78 is 5.35. The topological polar surface area (TPSA) is 46.5 Å². The van der Waals surface area contributed by atoms with Gasteiger partial charge >= 0.3 is 5.97 Å². The van der Waals surface area contributed by atoms with E-state index in [4.69, 9.17) is 4.74 Å². The van der Waals surface area contributed by atoms with Crippen LogP contribution in [-0.2, 0) is 10.2 Å². The van der Waals surface area contributed by atoms with Crippen molar-refractivity contribution in [2.45, 2.75) is 59.3 Å². The maximum Gasteiger partial charge on any atom is 0.308 e. The maximum atomic E-state index is 11.3. The molecule has 0 aliphatic heterocycles. The van der Waals surface area contributed by atoms with Crippen LogP contribution < -0.4 is 4.74 Å². The molecule has 0 aromatic heterocycles. The molecule has 0 heterocycles. The molecule has 1 atom stereocenters. The Hall–Kier alpha value is -1.51. The van der Waals surface area contributed by atoms with Gasteiger partial charge < -0.3 is 9.84 Å². The largest absolute Gasteiger partial charge is 0.508 e. The third-order valence-corrected chi connectivity index (χ3v) is 5.12. The van der Waals surface area contributed by atoms with Crippen molar-refractivity contribution in [2.75, 3.05) is 0 Å². The van der Waals surface area contributed by atoms with Crippen molar-refractivity contribution in [2.24, 2.45) is 5.41 Å². The third kappa shape index (κ3) is 2.30. The Morgan fingerprint density at radius 1 is 1.25 bits per heavy atom. The molecule has 1 aliphatic rings. The lowest BCUT2D eigenvalue weighted by Gasteiger charge is -2.40. The number of phenolic OH excluding ortho intramolecular Hbond substituents is 1. The molecule has 1 aromatic carbocycles. The van der Waals surface area contributed by atoms with Gasteiger partial charge in [0.15, 0.2) is 0 Å². The number of aromatic hydroxyl groups is 1. The molecule has 0 bridgehead atoms. The molecule has 3 nitrogen and oxygen atoms in total. The molecule has 110 valence electrons. The van der Waals surface area contributed by atoms with Gasteiger partial charge in [-0.3, -0.25) is 4.79 Å². The number of esters is 1. The van der Waals surface area contributed by atoms with Crippen molar-refractivity contribution in [1.82, 2.24) is 0 Å². The van der Waals surface area contributed by atoms with Gasteiger partial charge in [0, 0.05) is 24.0 Å². The van der Waals surface area contributed by atoms with Crippen LogP contribution in [0.5, 0.6) is 11.5 Å². The van der Waals surface area contributed by atoms with Crippen LogP contribution in [0, 0.1) is 12.3 Å². The van der Waals surface area contributed by atoms with Gasteiger partial charge in [0.25, 0.3) is 0 Å². The molecular formula is C17H24O3. The number of rotatable bonds is 2. The van der Waals surface area contributed by atoms with E-state index in [9.17, 15) is 9.90 Å². The first-order chi connectivity index (χ1) is 9.17. The van der Waals surface area contributed by atoms with Gasteiger partial charge in [-0.2, -0.15) is 0 Å². The fourth-order valence-corrected chi connectivity index (χ4v) is 3.35. The average Bonchev–Trinajstić information content (AvgIpc) is 2.58. The number of ether oxygens (including phenoxy) is 1. The van der Waals surface area contributed by atoms with Crippen molar-refractivity contribution in [3.05, 3.63) is 23.3 Å². The smallest absolute Gasteiger partial charge is 0.308 e. The monoisotopic (exact) mass is 276 g/mol. The minimum atomic E-state index is -0.353. The number of benzene rings is 1. The van der Waals surface area contributed by atoms with Gasteiger partial charge in [0.2, 0.25) is 0 Å². The molecule has 0 amide bonds. The van der Waals surface area contributed by atoms with E-state index in [0.717, 1.165) is 24.0 Å². The SMILES string of the molecule is CC(=O)Oc1cc(O)c(C)cc1[C@@]1(C)CCCC1(C)C. The standard InChI is InChI=1S/C17H24O3/c1-11-9-13(15(10-14(11)19)20-12(2)18)17(5)8-6-7-16(17,3)4/h9-10,19H,6-8H2,1-5H3/t17-/m1/s1. The zero-order valence-electron chi connectivity index (χ0n) is 13.0. The summed E-state index contributed by atoms with van der Waals surface area (Å²) in [6, 6.07) is 3.55. The quantitative estimate of drug-likeness (QED) is 0.653. The Bertz CT molecular complexity index is 545. The van der Waals surface area contributed by atoms with Crippen molar-refractivity contribution in [3.8, 4) is 11.5 Å². The summed E-state index contributed by atoms with van der Waals surface area (Å²) in [4.78, 5) is 11.3. The third-order valence-electron chi connectivity index (χ3n) is 5.12. The van der Waals surface area contributed by atoms with E-state index in [1.165, 1.54) is 13.3 Å². The minimum absolute atomic E-state index is 0.0454. The van der Waals surface area contributed by atoms with Crippen LogP contribution in [0.4, 0.5) is 0 Å². The Labute approximate surface area is 121 Å². The van der Waals surface area contributed by atoms with Crippen LogP contribution in [0.25, 0.3) is 0 Å². The van der Waals surface area contributed by atoms with E-state index in [1.54, 1.807) is 6.07 Å². The van der Waals surface area contributed by atoms with Crippen molar-refractivity contribution in [1.29, 1.82) is 0 Å². The van der Waals surface area contributed by atoms with Crippen molar-refractivity contribution in [3.63, 3.8) is 0 Å². The minimum Gasteiger partial charge on any atom is -0.508 e. The molecule has 1 aromatic rings. The molecular weight excluding hydrogens is 252 g/mol. The molecule has 1 aliphatic carbocycles. The number of carbonyl (C=O) groups excluding carboxylic acids is 1. The summed E-state index contributed by atoms with van der Waals surface area (Å²) in [7, 11) is 0. The van der Waals surface area contributed by atoms with Crippen LogP contribution >= 0.6 is 0 Å². The molecule has 3 heteroatoms. The molecule has 2 rings (SSSR count). The lowest BCUT2D eigenvalue weighted by molar-refractivity contribution is -0.132. The number of hydrogen-bond acceptors (Lipinski definition) is 3. The van der Waals surface area contributed by atoms with Crippen LogP contribution in [0.1, 0.15) is 58.1 Å². The number of phenols is 1. The first-order valence-electron chi connectivity index (χ1n) is 7.20. The van der Waals surface area contributed by atoms with E-state index in [-0.39, 0.29) is 22.5 Å². The summed E-state index contributed by atoms with van der Waals surface area (Å²) in [5.41, 5.74) is 1.95. The second-order valence-electron chi connectivity index (χ2n) is 6.80. The molecule has 0 unspecified atom stereocenters. The van der Waals surface area contributed by atoms with Gasteiger partial charge in [-0.05, 0) is 36.8 Å². The second-order valence-corrected chi connectivity index (χ2v) is 6.80. The zero-order chi connectivity index (χ0) is 15.1. The van der Waals surface area contributed by atoms with E-state index >= 15 is 0 Å². The Balaban J connectivity index is 2.60. The first-order valence-corrected chi connectivity index (χ1v) is 7.20. The normalized spacial score (nSPS) is 24.6. The van der Waals surface area contributed by atoms with Crippen molar-refractivity contribution < 1.29 is 14.6 Å². The van der Waals surface area contributed by atoms with Gasteiger partial charge in [-0.25, -0.2) is 0 Å². The average molecular weight is 276 g/mol. The Morgan fingerprint density at radius 2 is 1.90 bits per heavy atom. The van der Waals surface area contributed by atoms with Gasteiger partial charge in [-0.1, -0.05) is 27.2 Å². The Morgan fingerprint density at radius 3 is 2.40 bits per heavy atom. The highest BCUT2D eigenvalue weighted by molar-refractivity contribution is 5.70. The van der Waals surface area contributed by atoms with Crippen LogP contribution in [0.2, 0.25) is 0 Å². The summed E-state index contributed by atoms with van der Waals surface area (Å²) in [5, 5.41) is 9.90. The van der Waals surface area contributed by atoms with E-state index in [0.29, 0.717) is 5.75 Å². The highest BCUT2D eigenvalue weighted by Crippen LogP contribution is 2.56. The van der Waals surface area contributed by atoms with Gasteiger partial charge in [-0.15, -0.1) is 0 Å². The van der Waals surface area contributed by atoms with E-state index in [1.807, 2.05) is 13.0 Å². The zero-order valence-corrected chi connectivity index (χ0v) is 13.0. The predicted octanol–water partition coefficient (Wildman–Crippen LogP) is 4.09. The van der Waals surface area contributed by atoms with Crippen LogP contribution in [0.15, 0.2) is 12.1 Å². The number of carbonyl (C=O) groups is 1. The summed E-state index contributed by atoms with van der Waals surface area (Å²) >= 11 is 0. The summed E-state index contributed by atoms with van der Waals surface area (Å²) in [5.74, 6) is 0.316. The van der Waals surface area contributed by atoms with Gasteiger partial charge in [0.1, 0.15) is 11.5 Å². The fraction of sp³-hybridized carbons (Fsp3) is 0.588. The number of aryl methyl sites for hydroxylation is 1. The van der Waals surface area contributed by atoms with Crippen molar-refractivity contribution >= 4 is 5.97 Å². The molecule has 0 saturated heterocycles. The van der Waals surface area contributed by atoms with E-state index < -0.39 is 0 Å². The second kappa shape index (κ2) is 4.80. The summed E-state index contributed by atoms with van der Waals surface area (Å²) in [6.45, 7) is 10.0. The fourth-order valence-electron chi connectivity index (χ4n) is 3.35. The predicted molar refractivity (Wildman–Crippen MR) is 79.1 cm³/mol. The maximum absolute atomic E-state index is 11.3. The molecule has 0 radical (unpaired) electrons. The summed E-state index contributed by atoms with van der Waals surface area (Å²) in [6.07, 6.45) is 3.39. The first kappa shape index (κ1) is 14.9. The van der Waals surface area contributed by atoms with Crippen LogP contribution in [0.3, 0.4) is 0 Å². The number of hydrogen-bond donors (Lipinski definition) is 1. The Kier molecular flexibility index (Phi) is 3.57. The lowest BCUT2D eigenvalue weighted by Crippen LogP contribution is -2.34. The molecule has 1 N–H and O–H groups in total. The highest BCUT2D eigenvalue weighted by atomic mass is 16.5. The molecule has 0 spiro atoms. The van der Waals surface area contributed by atoms with Crippen LogP contribution in [-0.4, -0.2) is 11.1 Å². The highest BCUT2D eigenvalue weighted by Gasteiger charge is 2.47.